The zero-order valence-corrected chi connectivity index (χ0v) is 13.0. The summed E-state index contributed by atoms with van der Waals surface area (Å²) >= 11 is 6.55. The topological polar surface area (TPSA) is 64.3 Å². The maximum Gasteiger partial charge on any atom is 0.226 e. The standard InChI is InChI=1S/C15H16N2O2S2/c16-15(20)11-3-1-4-12(9-11)17-14(18)6-7-19-10-13-5-2-8-21-13/h1-5,8-9H,6-7,10H2,(H2,16,20)(H,17,18). The van der Waals surface area contributed by atoms with Gasteiger partial charge in [0.2, 0.25) is 5.91 Å². The van der Waals surface area contributed by atoms with Gasteiger partial charge in [-0.25, -0.2) is 0 Å². The van der Waals surface area contributed by atoms with Crippen LogP contribution in [0.15, 0.2) is 41.8 Å². The van der Waals surface area contributed by atoms with E-state index in [1.807, 2.05) is 23.6 Å². The average molecular weight is 320 g/mol. The zero-order valence-electron chi connectivity index (χ0n) is 11.4. The molecule has 0 bridgehead atoms. The SMILES string of the molecule is NC(=S)c1cccc(NC(=O)CCOCc2cccs2)c1. The molecule has 0 aliphatic rings. The van der Waals surface area contributed by atoms with Crippen molar-refractivity contribution in [1.29, 1.82) is 0 Å². The second-order valence-corrected chi connectivity index (χ2v) is 5.85. The minimum absolute atomic E-state index is 0.0960. The van der Waals surface area contributed by atoms with Gasteiger partial charge < -0.3 is 15.8 Å². The van der Waals surface area contributed by atoms with Crippen molar-refractivity contribution in [3.63, 3.8) is 0 Å². The number of nitrogens with one attached hydrogen (secondary N) is 1. The molecule has 1 aromatic carbocycles. The number of benzene rings is 1. The first-order valence-electron chi connectivity index (χ1n) is 6.45. The van der Waals surface area contributed by atoms with Crippen molar-refractivity contribution in [3.8, 4) is 0 Å². The number of ether oxygens (including phenoxy) is 1. The number of carbonyl (C=O) groups is 1. The lowest BCUT2D eigenvalue weighted by Gasteiger charge is -2.07. The number of thiocarbonyl (C=S) groups is 1. The molecule has 4 nitrogen and oxygen atoms in total. The van der Waals surface area contributed by atoms with Crippen molar-refractivity contribution in [2.24, 2.45) is 5.73 Å². The first kappa shape index (κ1) is 15.6. The molecule has 1 amide bonds. The highest BCUT2D eigenvalue weighted by molar-refractivity contribution is 7.80. The van der Waals surface area contributed by atoms with E-state index in [4.69, 9.17) is 22.7 Å². The lowest BCUT2D eigenvalue weighted by Crippen LogP contribution is -2.15. The smallest absolute Gasteiger partial charge is 0.226 e. The van der Waals surface area contributed by atoms with Crippen LogP contribution in [0.3, 0.4) is 0 Å². The molecule has 21 heavy (non-hydrogen) atoms. The Labute approximate surface area is 132 Å². The number of nitrogens with two attached hydrogens (primary N) is 1. The Morgan fingerprint density at radius 1 is 1.33 bits per heavy atom. The molecular formula is C15H16N2O2S2. The summed E-state index contributed by atoms with van der Waals surface area (Å²) in [5.41, 5.74) is 6.97. The summed E-state index contributed by atoms with van der Waals surface area (Å²) in [5, 5.41) is 4.80. The van der Waals surface area contributed by atoms with Gasteiger partial charge in [0.05, 0.1) is 19.6 Å². The molecule has 6 heteroatoms. The molecule has 0 fully saturated rings. The highest BCUT2D eigenvalue weighted by atomic mass is 32.1. The molecule has 0 saturated carbocycles. The fourth-order valence-electron chi connectivity index (χ4n) is 1.71. The predicted molar refractivity (Wildman–Crippen MR) is 89.6 cm³/mol. The van der Waals surface area contributed by atoms with Crippen LogP contribution < -0.4 is 11.1 Å². The van der Waals surface area contributed by atoms with E-state index in [-0.39, 0.29) is 5.91 Å². The van der Waals surface area contributed by atoms with Crippen LogP contribution in [0.2, 0.25) is 0 Å². The van der Waals surface area contributed by atoms with E-state index in [2.05, 4.69) is 5.32 Å². The number of rotatable bonds is 7. The molecule has 0 radical (unpaired) electrons. The lowest BCUT2D eigenvalue weighted by molar-refractivity contribution is -0.117. The summed E-state index contributed by atoms with van der Waals surface area (Å²) in [4.78, 5) is 13.3. The number of carbonyl (C=O) groups excluding carboxylic acids is 1. The largest absolute Gasteiger partial charge is 0.389 e. The van der Waals surface area contributed by atoms with Gasteiger partial charge in [0.25, 0.3) is 0 Å². The van der Waals surface area contributed by atoms with Gasteiger partial charge in [-0.15, -0.1) is 11.3 Å². The monoisotopic (exact) mass is 320 g/mol. The average Bonchev–Trinajstić information content (AvgIpc) is 2.97. The Bertz CT molecular complexity index is 612. The van der Waals surface area contributed by atoms with Gasteiger partial charge >= 0.3 is 0 Å². The summed E-state index contributed by atoms with van der Waals surface area (Å²) in [7, 11) is 0. The molecule has 0 atom stereocenters. The van der Waals surface area contributed by atoms with E-state index >= 15 is 0 Å². The molecule has 0 spiro atoms. The summed E-state index contributed by atoms with van der Waals surface area (Å²) in [6, 6.07) is 11.1. The number of thiophene rings is 1. The number of amides is 1. The van der Waals surface area contributed by atoms with Gasteiger partial charge in [-0.2, -0.15) is 0 Å². The summed E-state index contributed by atoms with van der Waals surface area (Å²) in [6.45, 7) is 0.931. The Balaban J connectivity index is 1.74. The molecule has 0 aliphatic carbocycles. The third kappa shape index (κ3) is 5.26. The molecule has 0 unspecified atom stereocenters. The van der Waals surface area contributed by atoms with Crippen molar-refractivity contribution < 1.29 is 9.53 Å². The fraction of sp³-hybridized carbons (Fsp3) is 0.200. The van der Waals surface area contributed by atoms with Crippen LogP contribution in [0.4, 0.5) is 5.69 Å². The van der Waals surface area contributed by atoms with Gasteiger partial charge in [-0.1, -0.05) is 30.4 Å². The van der Waals surface area contributed by atoms with E-state index in [1.165, 1.54) is 0 Å². The molecule has 0 saturated heterocycles. The van der Waals surface area contributed by atoms with E-state index in [9.17, 15) is 4.79 Å². The van der Waals surface area contributed by atoms with Crippen LogP contribution in [0, 0.1) is 0 Å². The number of hydrogen-bond acceptors (Lipinski definition) is 4. The fourth-order valence-corrected chi connectivity index (χ4v) is 2.47. The van der Waals surface area contributed by atoms with Crippen molar-refractivity contribution in [3.05, 3.63) is 52.2 Å². The van der Waals surface area contributed by atoms with Crippen LogP contribution in [0.25, 0.3) is 0 Å². The highest BCUT2D eigenvalue weighted by Gasteiger charge is 2.04. The van der Waals surface area contributed by atoms with Gasteiger partial charge in [0.15, 0.2) is 0 Å². The van der Waals surface area contributed by atoms with Crippen LogP contribution >= 0.6 is 23.6 Å². The van der Waals surface area contributed by atoms with Gasteiger partial charge in [0.1, 0.15) is 4.99 Å². The third-order valence-electron chi connectivity index (χ3n) is 2.73. The minimum Gasteiger partial charge on any atom is -0.389 e. The maximum atomic E-state index is 11.8. The van der Waals surface area contributed by atoms with Crippen LogP contribution in [0.1, 0.15) is 16.9 Å². The molecular weight excluding hydrogens is 304 g/mol. The lowest BCUT2D eigenvalue weighted by atomic mass is 10.2. The molecule has 1 heterocycles. The van der Waals surface area contributed by atoms with Crippen molar-refractivity contribution in [1.82, 2.24) is 0 Å². The van der Waals surface area contributed by atoms with Gasteiger partial charge in [-0.3, -0.25) is 4.79 Å². The second kappa shape index (κ2) is 7.87. The molecule has 3 N–H and O–H groups in total. The van der Waals surface area contributed by atoms with E-state index in [0.717, 1.165) is 10.4 Å². The molecule has 2 rings (SSSR count). The van der Waals surface area contributed by atoms with Gasteiger partial charge in [-0.05, 0) is 23.6 Å². The number of anilines is 1. The van der Waals surface area contributed by atoms with Crippen molar-refractivity contribution in [2.75, 3.05) is 11.9 Å². The summed E-state index contributed by atoms with van der Waals surface area (Å²) < 4.78 is 5.46. The Morgan fingerprint density at radius 2 is 2.19 bits per heavy atom. The first-order chi connectivity index (χ1) is 10.1. The van der Waals surface area contributed by atoms with Crippen LogP contribution in [0.5, 0.6) is 0 Å². The second-order valence-electron chi connectivity index (χ2n) is 4.38. The van der Waals surface area contributed by atoms with Gasteiger partial charge in [0, 0.05) is 16.1 Å². The predicted octanol–water partition coefficient (Wildman–Crippen LogP) is 2.93. The van der Waals surface area contributed by atoms with E-state index < -0.39 is 0 Å². The van der Waals surface area contributed by atoms with Crippen LogP contribution in [-0.4, -0.2) is 17.5 Å². The van der Waals surface area contributed by atoms with E-state index in [1.54, 1.807) is 29.5 Å². The van der Waals surface area contributed by atoms with Crippen molar-refractivity contribution in [2.45, 2.75) is 13.0 Å². The third-order valence-corrected chi connectivity index (χ3v) is 3.81. The minimum atomic E-state index is -0.0960. The Morgan fingerprint density at radius 3 is 2.90 bits per heavy atom. The quantitative estimate of drug-likeness (QED) is 0.608. The maximum absolute atomic E-state index is 11.8. The summed E-state index contributed by atoms with van der Waals surface area (Å²) in [5.74, 6) is -0.0960. The van der Waals surface area contributed by atoms with E-state index in [0.29, 0.717) is 30.3 Å². The highest BCUT2D eigenvalue weighted by Crippen LogP contribution is 2.12. The Kier molecular flexibility index (Phi) is 5.86. The number of hydrogen-bond donors (Lipinski definition) is 2. The first-order valence-corrected chi connectivity index (χ1v) is 7.74. The summed E-state index contributed by atoms with van der Waals surface area (Å²) in [6.07, 6.45) is 0.308. The molecule has 2 aromatic rings. The van der Waals surface area contributed by atoms with Crippen LogP contribution in [-0.2, 0) is 16.1 Å². The van der Waals surface area contributed by atoms with Crippen molar-refractivity contribution >= 4 is 40.1 Å². The normalized spacial score (nSPS) is 10.3. The molecule has 110 valence electrons. The molecule has 1 aromatic heterocycles. The Hall–Kier alpha value is -1.76. The molecule has 0 aliphatic heterocycles. The zero-order chi connectivity index (χ0) is 15.1.